The Hall–Kier alpha value is -0.343. The van der Waals surface area contributed by atoms with Gasteiger partial charge in [-0.3, -0.25) is 0 Å². The molecule has 0 aromatic heterocycles. The standard InChI is InChI=1S/C10H18OSi/c1-12(2,3)11-9-8-10-6-4-5-7-10/h4-7,10H,8-9H2,1-3H3. The summed E-state index contributed by atoms with van der Waals surface area (Å²) in [6.45, 7) is 7.60. The Morgan fingerprint density at radius 1 is 1.17 bits per heavy atom. The van der Waals surface area contributed by atoms with E-state index in [0.29, 0.717) is 5.92 Å². The molecule has 0 unspecified atom stereocenters. The van der Waals surface area contributed by atoms with Crippen molar-refractivity contribution in [2.75, 3.05) is 6.61 Å². The lowest BCUT2D eigenvalue weighted by Crippen LogP contribution is -2.26. The van der Waals surface area contributed by atoms with E-state index in [4.69, 9.17) is 4.43 Å². The van der Waals surface area contributed by atoms with Gasteiger partial charge < -0.3 is 4.43 Å². The van der Waals surface area contributed by atoms with E-state index in [-0.39, 0.29) is 0 Å². The van der Waals surface area contributed by atoms with Crippen molar-refractivity contribution >= 4 is 8.32 Å². The summed E-state index contributed by atoms with van der Waals surface area (Å²) in [5.74, 6) is 0.626. The monoisotopic (exact) mass is 182 g/mol. The molecule has 0 heterocycles. The lowest BCUT2D eigenvalue weighted by atomic mass is 10.1. The summed E-state index contributed by atoms with van der Waals surface area (Å²) < 4.78 is 5.76. The normalized spacial score (nSPS) is 17.6. The second kappa shape index (κ2) is 4.05. The predicted molar refractivity (Wildman–Crippen MR) is 55.7 cm³/mol. The fourth-order valence-electron chi connectivity index (χ4n) is 1.17. The maximum absolute atomic E-state index is 5.76. The highest BCUT2D eigenvalue weighted by Gasteiger charge is 2.14. The van der Waals surface area contributed by atoms with Crippen molar-refractivity contribution in [2.24, 2.45) is 5.92 Å². The third-order valence-electron chi connectivity index (χ3n) is 1.81. The highest BCUT2D eigenvalue weighted by molar-refractivity contribution is 6.69. The molecule has 1 nitrogen and oxygen atoms in total. The molecule has 0 aromatic rings. The summed E-state index contributed by atoms with van der Waals surface area (Å²) >= 11 is 0. The van der Waals surface area contributed by atoms with Gasteiger partial charge in [-0.2, -0.15) is 0 Å². The average Bonchev–Trinajstić information content (AvgIpc) is 2.36. The Morgan fingerprint density at radius 3 is 2.25 bits per heavy atom. The molecule has 0 saturated carbocycles. The summed E-state index contributed by atoms with van der Waals surface area (Å²) in [6, 6.07) is 0. The number of hydrogen-bond donors (Lipinski definition) is 0. The second-order valence-corrected chi connectivity index (χ2v) is 8.70. The molecule has 0 fully saturated rings. The van der Waals surface area contributed by atoms with Gasteiger partial charge in [-0.1, -0.05) is 24.3 Å². The molecule has 0 bridgehead atoms. The zero-order chi connectivity index (χ0) is 9.03. The molecule has 68 valence electrons. The van der Waals surface area contributed by atoms with Gasteiger partial charge in [0.2, 0.25) is 0 Å². The van der Waals surface area contributed by atoms with Gasteiger partial charge in [-0.25, -0.2) is 0 Å². The topological polar surface area (TPSA) is 9.23 Å². The fraction of sp³-hybridized carbons (Fsp3) is 0.600. The molecule has 0 aromatic carbocycles. The zero-order valence-electron chi connectivity index (χ0n) is 8.21. The molecule has 0 saturated heterocycles. The highest BCUT2D eigenvalue weighted by Crippen LogP contribution is 2.14. The maximum atomic E-state index is 5.76. The predicted octanol–water partition coefficient (Wildman–Crippen LogP) is 2.97. The first kappa shape index (κ1) is 9.74. The molecule has 1 rings (SSSR count). The third kappa shape index (κ3) is 3.88. The van der Waals surface area contributed by atoms with E-state index in [2.05, 4.69) is 43.9 Å². The lowest BCUT2D eigenvalue weighted by Gasteiger charge is -2.17. The van der Waals surface area contributed by atoms with Crippen LogP contribution in [0, 0.1) is 5.92 Å². The average molecular weight is 182 g/mol. The summed E-state index contributed by atoms with van der Waals surface area (Å²) in [5, 5.41) is 0. The van der Waals surface area contributed by atoms with Crippen LogP contribution in [0.2, 0.25) is 19.6 Å². The maximum Gasteiger partial charge on any atom is 0.183 e. The van der Waals surface area contributed by atoms with Gasteiger partial charge in [0, 0.05) is 6.61 Å². The van der Waals surface area contributed by atoms with Gasteiger partial charge >= 0.3 is 0 Å². The van der Waals surface area contributed by atoms with Gasteiger partial charge in [-0.05, 0) is 32.0 Å². The van der Waals surface area contributed by atoms with Gasteiger partial charge in [0.05, 0.1) is 0 Å². The van der Waals surface area contributed by atoms with E-state index in [0.717, 1.165) is 13.0 Å². The van der Waals surface area contributed by atoms with Crippen molar-refractivity contribution in [1.29, 1.82) is 0 Å². The molecular formula is C10H18OSi. The Morgan fingerprint density at radius 2 is 1.75 bits per heavy atom. The smallest absolute Gasteiger partial charge is 0.183 e. The van der Waals surface area contributed by atoms with E-state index >= 15 is 0 Å². The number of rotatable bonds is 4. The first-order chi connectivity index (χ1) is 5.58. The van der Waals surface area contributed by atoms with Crippen LogP contribution in [0.15, 0.2) is 24.3 Å². The van der Waals surface area contributed by atoms with Crippen molar-refractivity contribution in [3.63, 3.8) is 0 Å². The quantitative estimate of drug-likeness (QED) is 0.607. The SMILES string of the molecule is C[Si](C)(C)OCCC1C=CC=C1. The van der Waals surface area contributed by atoms with Gasteiger partial charge in [0.15, 0.2) is 8.32 Å². The highest BCUT2D eigenvalue weighted by atomic mass is 28.4. The number of allylic oxidation sites excluding steroid dienone is 4. The fourth-order valence-corrected chi connectivity index (χ4v) is 1.90. The molecule has 2 heteroatoms. The Balaban J connectivity index is 2.10. The van der Waals surface area contributed by atoms with Crippen molar-refractivity contribution in [1.82, 2.24) is 0 Å². The summed E-state index contributed by atoms with van der Waals surface area (Å²) in [6.07, 6.45) is 9.82. The zero-order valence-corrected chi connectivity index (χ0v) is 9.21. The lowest BCUT2D eigenvalue weighted by molar-refractivity contribution is 0.295. The minimum Gasteiger partial charge on any atom is -0.418 e. The van der Waals surface area contributed by atoms with E-state index < -0.39 is 8.32 Å². The van der Waals surface area contributed by atoms with Crippen molar-refractivity contribution in [2.45, 2.75) is 26.1 Å². The van der Waals surface area contributed by atoms with E-state index in [1.807, 2.05) is 0 Å². The van der Waals surface area contributed by atoms with E-state index in [9.17, 15) is 0 Å². The van der Waals surface area contributed by atoms with Crippen LogP contribution in [0.5, 0.6) is 0 Å². The summed E-state index contributed by atoms with van der Waals surface area (Å²) in [7, 11) is -1.28. The van der Waals surface area contributed by atoms with Crippen LogP contribution >= 0.6 is 0 Å². The third-order valence-corrected chi connectivity index (χ3v) is 2.88. The molecule has 0 aliphatic heterocycles. The van der Waals surface area contributed by atoms with Crippen LogP contribution < -0.4 is 0 Å². The van der Waals surface area contributed by atoms with Gasteiger partial charge in [0.1, 0.15) is 0 Å². The van der Waals surface area contributed by atoms with Crippen molar-refractivity contribution < 1.29 is 4.43 Å². The molecule has 1 aliphatic carbocycles. The van der Waals surface area contributed by atoms with Crippen LogP contribution in [-0.2, 0) is 4.43 Å². The molecular weight excluding hydrogens is 164 g/mol. The van der Waals surface area contributed by atoms with Crippen LogP contribution in [0.25, 0.3) is 0 Å². The minimum atomic E-state index is -1.28. The van der Waals surface area contributed by atoms with Crippen LogP contribution in [0.3, 0.4) is 0 Å². The van der Waals surface area contributed by atoms with Crippen LogP contribution in [0.1, 0.15) is 6.42 Å². The molecule has 0 amide bonds. The second-order valence-electron chi connectivity index (χ2n) is 4.18. The largest absolute Gasteiger partial charge is 0.418 e. The van der Waals surface area contributed by atoms with Crippen molar-refractivity contribution in [3.8, 4) is 0 Å². The molecule has 0 atom stereocenters. The molecule has 0 N–H and O–H groups in total. The first-order valence-electron chi connectivity index (χ1n) is 4.57. The van der Waals surface area contributed by atoms with Crippen LogP contribution in [0.4, 0.5) is 0 Å². The Bertz CT molecular complexity index is 177. The van der Waals surface area contributed by atoms with Crippen LogP contribution in [-0.4, -0.2) is 14.9 Å². The molecule has 1 aliphatic rings. The minimum absolute atomic E-state index is 0.626. The molecule has 0 spiro atoms. The van der Waals surface area contributed by atoms with Crippen molar-refractivity contribution in [3.05, 3.63) is 24.3 Å². The Labute approximate surface area is 76.3 Å². The first-order valence-corrected chi connectivity index (χ1v) is 7.98. The van der Waals surface area contributed by atoms with Gasteiger partial charge in [0.25, 0.3) is 0 Å². The van der Waals surface area contributed by atoms with Gasteiger partial charge in [-0.15, -0.1) is 0 Å². The molecule has 0 radical (unpaired) electrons. The summed E-state index contributed by atoms with van der Waals surface area (Å²) in [5.41, 5.74) is 0. The van der Waals surface area contributed by atoms with E-state index in [1.165, 1.54) is 0 Å². The number of hydrogen-bond acceptors (Lipinski definition) is 1. The molecule has 12 heavy (non-hydrogen) atoms. The summed E-state index contributed by atoms with van der Waals surface area (Å²) in [4.78, 5) is 0. The van der Waals surface area contributed by atoms with E-state index in [1.54, 1.807) is 0 Å². The Kier molecular flexibility index (Phi) is 3.29.